The van der Waals surface area contributed by atoms with Gasteiger partial charge in [-0.3, -0.25) is 13.9 Å². The van der Waals surface area contributed by atoms with E-state index in [1.54, 1.807) is 11.0 Å². The Balaban J connectivity index is 1.47. The van der Waals surface area contributed by atoms with Gasteiger partial charge in [-0.15, -0.1) is 0 Å². The van der Waals surface area contributed by atoms with Crippen LogP contribution in [0.25, 0.3) is 33.3 Å². The zero-order valence-corrected chi connectivity index (χ0v) is 26.4. The van der Waals surface area contributed by atoms with Gasteiger partial charge in [-0.1, -0.05) is 48.9 Å². The van der Waals surface area contributed by atoms with E-state index in [-0.39, 0.29) is 24.0 Å². The third-order valence-corrected chi connectivity index (χ3v) is 9.91. The topological polar surface area (TPSA) is 106 Å². The number of piperidine rings is 1. The van der Waals surface area contributed by atoms with E-state index in [4.69, 9.17) is 4.42 Å². The second-order valence-electron chi connectivity index (χ2n) is 11.7. The fraction of sp³-hybridized carbons (Fsp3) is 0.324. The largest absolute Gasteiger partial charge is 0.455 e. The molecule has 5 aromatic rings. The number of fused-ring (bicyclic) bond motifs is 2. The highest BCUT2D eigenvalue weighted by atomic mass is 32.2. The predicted molar refractivity (Wildman–Crippen MR) is 173 cm³/mol. The van der Waals surface area contributed by atoms with Crippen LogP contribution in [0.3, 0.4) is 0 Å². The van der Waals surface area contributed by atoms with Gasteiger partial charge in [0.25, 0.3) is 5.91 Å². The van der Waals surface area contributed by atoms with Crippen LogP contribution < -0.4 is 4.31 Å². The fourth-order valence-corrected chi connectivity index (χ4v) is 6.70. The minimum atomic E-state index is -3.63. The van der Waals surface area contributed by atoms with Gasteiger partial charge in [-0.25, -0.2) is 13.4 Å². The van der Waals surface area contributed by atoms with E-state index in [9.17, 15) is 18.0 Å². The Morgan fingerprint density at radius 2 is 1.82 bits per heavy atom. The van der Waals surface area contributed by atoms with Gasteiger partial charge in [-0.05, 0) is 43.5 Å². The van der Waals surface area contributed by atoms with Crippen LogP contribution in [0.1, 0.15) is 64.2 Å². The highest BCUT2D eigenvalue weighted by Crippen LogP contribution is 2.42. The number of ketones is 1. The molecule has 2 aromatic heterocycles. The average Bonchev–Trinajstić information content (AvgIpc) is 3.56. The zero-order valence-electron chi connectivity index (χ0n) is 25.6. The van der Waals surface area contributed by atoms with Gasteiger partial charge in [-0.2, -0.15) is 0 Å². The Morgan fingerprint density at radius 3 is 2.50 bits per heavy atom. The molecule has 1 aliphatic heterocycles. The van der Waals surface area contributed by atoms with Gasteiger partial charge in [0, 0.05) is 56.5 Å². The number of anilines is 1. The van der Waals surface area contributed by atoms with Gasteiger partial charge in [0.2, 0.25) is 10.0 Å². The van der Waals surface area contributed by atoms with Gasteiger partial charge >= 0.3 is 0 Å². The molecule has 0 saturated carbocycles. The fourth-order valence-electron chi connectivity index (χ4n) is 6.18. The van der Waals surface area contributed by atoms with Crippen molar-refractivity contribution in [3.8, 4) is 11.3 Å². The molecule has 0 aliphatic carbocycles. The molecule has 1 saturated heterocycles. The van der Waals surface area contributed by atoms with Gasteiger partial charge in [0.1, 0.15) is 11.3 Å². The summed E-state index contributed by atoms with van der Waals surface area (Å²) in [6.45, 7) is 4.77. The molecule has 9 nitrogen and oxygen atoms in total. The van der Waals surface area contributed by atoms with E-state index in [1.165, 1.54) is 11.4 Å². The Bertz CT molecular complexity index is 2020. The number of furan rings is 1. The number of likely N-dealkylation sites (tertiary alicyclic amines) is 1. The summed E-state index contributed by atoms with van der Waals surface area (Å²) in [6, 6.07) is 19.1. The summed E-state index contributed by atoms with van der Waals surface area (Å²) >= 11 is 0. The number of nitrogens with zero attached hydrogens (tertiary/aromatic N) is 4. The number of para-hydroxylation sites is 2. The van der Waals surface area contributed by atoms with Crippen LogP contribution in [0.15, 0.2) is 65.1 Å². The molecule has 0 unspecified atom stereocenters. The first-order valence-corrected chi connectivity index (χ1v) is 16.7. The molecule has 10 heteroatoms. The van der Waals surface area contributed by atoms with E-state index in [0.29, 0.717) is 46.9 Å². The number of carbonyl (C=O) groups excluding carboxylic acids is 2. The number of hydrogen-bond acceptors (Lipinski definition) is 6. The standard InChI is InChI=1S/C34H36N4O5S/c1-6-29(39)31-25-18-24(23-10-9-17-38(20-23)34(40)33-35-26-11-7-8-12-27(26)36(33)3)28(37(4)44(5,41)42)19-30(25)43-32(31)22-15-13-21(2)14-16-22/h7-8,11-16,18-19,23H,6,9-10,17,20H2,1-5H3/t23-/m1/s1. The summed E-state index contributed by atoms with van der Waals surface area (Å²) in [7, 11) is -0.267. The Kier molecular flexibility index (Phi) is 7.57. The normalized spacial score (nSPS) is 15.7. The van der Waals surface area contributed by atoms with Gasteiger partial charge in [0.05, 0.1) is 28.5 Å². The quantitative estimate of drug-likeness (QED) is 0.200. The number of hydrogen-bond donors (Lipinski definition) is 0. The predicted octanol–water partition coefficient (Wildman–Crippen LogP) is 6.30. The zero-order chi connectivity index (χ0) is 31.3. The lowest BCUT2D eigenvalue weighted by Crippen LogP contribution is -2.40. The summed E-state index contributed by atoms with van der Waals surface area (Å²) in [6.07, 6.45) is 2.94. The molecule has 0 N–H and O–H groups in total. The van der Waals surface area contributed by atoms with Crippen LogP contribution in [0.4, 0.5) is 5.69 Å². The molecule has 1 aliphatic rings. The second kappa shape index (κ2) is 11.2. The number of imidazole rings is 1. The molecule has 1 atom stereocenters. The van der Waals surface area contributed by atoms with Crippen LogP contribution in [0.2, 0.25) is 0 Å². The Hall–Kier alpha value is -4.44. The third-order valence-electron chi connectivity index (χ3n) is 8.71. The van der Waals surface area contributed by atoms with E-state index in [2.05, 4.69) is 4.98 Å². The summed E-state index contributed by atoms with van der Waals surface area (Å²) < 4.78 is 35.1. The van der Waals surface area contributed by atoms with E-state index in [0.717, 1.165) is 46.8 Å². The molecule has 228 valence electrons. The second-order valence-corrected chi connectivity index (χ2v) is 13.7. The number of aryl methyl sites for hydroxylation is 2. The molecular formula is C34H36N4O5S. The van der Waals surface area contributed by atoms with Gasteiger partial charge < -0.3 is 13.9 Å². The Morgan fingerprint density at radius 1 is 1.09 bits per heavy atom. The molecule has 0 bridgehead atoms. The van der Waals surface area contributed by atoms with Crippen molar-refractivity contribution in [2.45, 2.75) is 39.0 Å². The highest BCUT2D eigenvalue weighted by Gasteiger charge is 2.32. The number of carbonyl (C=O) groups is 2. The van der Waals surface area contributed by atoms with Crippen molar-refractivity contribution in [2.24, 2.45) is 7.05 Å². The number of aromatic nitrogens is 2. The highest BCUT2D eigenvalue weighted by molar-refractivity contribution is 7.92. The van der Waals surface area contributed by atoms with Gasteiger partial charge in [0.15, 0.2) is 11.6 Å². The van der Waals surface area contributed by atoms with Crippen molar-refractivity contribution < 1.29 is 22.4 Å². The van der Waals surface area contributed by atoms with Crippen LogP contribution in [-0.2, 0) is 17.1 Å². The van der Waals surface area contributed by atoms with Crippen LogP contribution >= 0.6 is 0 Å². The number of Topliss-reactive ketones (excluding diaryl/α,β-unsaturated/α-hetero) is 1. The third kappa shape index (κ3) is 5.17. The lowest BCUT2D eigenvalue weighted by atomic mass is 9.87. The molecule has 1 amide bonds. The molecule has 3 heterocycles. The number of benzene rings is 3. The maximum Gasteiger partial charge on any atom is 0.289 e. The number of amides is 1. The van der Waals surface area contributed by atoms with Crippen LogP contribution in [-0.4, -0.2) is 61.0 Å². The van der Waals surface area contributed by atoms with Crippen molar-refractivity contribution in [1.82, 2.24) is 14.5 Å². The van der Waals surface area contributed by atoms with E-state index >= 15 is 0 Å². The smallest absolute Gasteiger partial charge is 0.289 e. The van der Waals surface area contributed by atoms with Crippen molar-refractivity contribution in [3.63, 3.8) is 0 Å². The number of sulfonamides is 1. The Labute approximate surface area is 257 Å². The summed E-state index contributed by atoms with van der Waals surface area (Å²) in [4.78, 5) is 33.6. The van der Waals surface area contributed by atoms with E-state index in [1.807, 2.05) is 80.1 Å². The molecular weight excluding hydrogens is 576 g/mol. The lowest BCUT2D eigenvalue weighted by molar-refractivity contribution is 0.0691. The first-order chi connectivity index (χ1) is 21.0. The molecule has 44 heavy (non-hydrogen) atoms. The summed E-state index contributed by atoms with van der Waals surface area (Å²) in [5, 5.41) is 0.645. The van der Waals surface area contributed by atoms with Crippen molar-refractivity contribution >= 4 is 49.4 Å². The lowest BCUT2D eigenvalue weighted by Gasteiger charge is -2.34. The van der Waals surface area contributed by atoms with Crippen molar-refractivity contribution in [1.29, 1.82) is 0 Å². The SMILES string of the molecule is CCC(=O)c1c(-c2ccc(C)cc2)oc2cc(N(C)S(C)(=O)=O)c([C@@H]3CCCN(C(=O)c4nc5ccccc5n4C)C3)cc12. The maximum atomic E-state index is 13.8. The maximum absolute atomic E-state index is 13.8. The first-order valence-electron chi connectivity index (χ1n) is 14.8. The number of rotatable bonds is 7. The molecule has 1 fully saturated rings. The minimum absolute atomic E-state index is 0.0585. The molecule has 3 aromatic carbocycles. The van der Waals surface area contributed by atoms with Crippen LogP contribution in [0, 0.1) is 6.92 Å². The summed E-state index contributed by atoms with van der Waals surface area (Å²) in [5.74, 6) is 0.438. The molecule has 0 spiro atoms. The van der Waals surface area contributed by atoms with Crippen molar-refractivity contribution in [3.05, 3.63) is 83.2 Å². The first kappa shape index (κ1) is 29.6. The monoisotopic (exact) mass is 612 g/mol. The molecule has 0 radical (unpaired) electrons. The van der Waals surface area contributed by atoms with Crippen molar-refractivity contribution in [2.75, 3.05) is 30.7 Å². The van der Waals surface area contributed by atoms with E-state index < -0.39 is 10.0 Å². The average molecular weight is 613 g/mol. The summed E-state index contributed by atoms with van der Waals surface area (Å²) in [5.41, 5.74) is 5.66. The van der Waals surface area contributed by atoms with Crippen LogP contribution in [0.5, 0.6) is 0 Å². The molecule has 6 rings (SSSR count). The minimum Gasteiger partial charge on any atom is -0.455 e.